The Morgan fingerprint density at radius 3 is 2.81 bits per heavy atom. The van der Waals surface area contributed by atoms with E-state index in [2.05, 4.69) is 17.4 Å². The van der Waals surface area contributed by atoms with Crippen LogP contribution in [0.3, 0.4) is 0 Å². The number of benzene rings is 1. The summed E-state index contributed by atoms with van der Waals surface area (Å²) < 4.78 is 0. The Morgan fingerprint density at radius 1 is 1.31 bits per heavy atom. The molecule has 1 aromatic rings. The van der Waals surface area contributed by atoms with Gasteiger partial charge in [-0.2, -0.15) is 0 Å². The summed E-state index contributed by atoms with van der Waals surface area (Å²) in [6, 6.07) is 4.81. The molecule has 0 radical (unpaired) electrons. The molecule has 0 saturated heterocycles. The first-order valence-corrected chi connectivity index (χ1v) is 4.71. The number of carbonyl (C=O) groups is 2. The van der Waals surface area contributed by atoms with Crippen LogP contribution in [0.2, 0.25) is 0 Å². The third-order valence-corrected chi connectivity index (χ3v) is 2.13. The fraction of sp³-hybridized carbons (Fsp3) is 0.0909. The molecule has 5 heteroatoms. The van der Waals surface area contributed by atoms with E-state index in [1.54, 1.807) is 24.3 Å². The molecule has 0 fully saturated rings. The molecule has 0 unspecified atom stereocenters. The average Bonchev–Trinajstić information content (AvgIpc) is 2.55. The fourth-order valence-corrected chi connectivity index (χ4v) is 1.42. The van der Waals surface area contributed by atoms with E-state index < -0.39 is 0 Å². The average molecular weight is 218 g/mol. The summed E-state index contributed by atoms with van der Waals surface area (Å²) in [6.45, 7) is 3.85. The van der Waals surface area contributed by atoms with Gasteiger partial charge in [0, 0.05) is 0 Å². The van der Waals surface area contributed by atoms with Gasteiger partial charge in [-0.3, -0.25) is 25.2 Å². The van der Waals surface area contributed by atoms with E-state index in [9.17, 15) is 9.59 Å². The SMILES string of the molecule is C=CCONc1ccc2c(c1)C(=O)NC2=O. The maximum Gasteiger partial charge on any atom is 0.259 e. The monoisotopic (exact) mass is 218 g/mol. The molecule has 0 spiro atoms. The van der Waals surface area contributed by atoms with Gasteiger partial charge in [-0.1, -0.05) is 6.08 Å². The topological polar surface area (TPSA) is 67.4 Å². The van der Waals surface area contributed by atoms with Crippen molar-refractivity contribution in [2.75, 3.05) is 12.1 Å². The molecule has 0 bridgehead atoms. The van der Waals surface area contributed by atoms with E-state index in [4.69, 9.17) is 4.84 Å². The van der Waals surface area contributed by atoms with Gasteiger partial charge in [-0.15, -0.1) is 6.58 Å². The smallest absolute Gasteiger partial charge is 0.259 e. The number of rotatable bonds is 4. The zero-order valence-electron chi connectivity index (χ0n) is 8.45. The van der Waals surface area contributed by atoms with Crippen LogP contribution < -0.4 is 10.8 Å². The van der Waals surface area contributed by atoms with E-state index >= 15 is 0 Å². The Kier molecular flexibility index (Phi) is 2.70. The minimum Gasteiger partial charge on any atom is -0.288 e. The molecular formula is C11H10N2O3. The molecule has 2 N–H and O–H groups in total. The molecule has 1 aliphatic rings. The molecule has 2 amide bonds. The van der Waals surface area contributed by atoms with Gasteiger partial charge < -0.3 is 0 Å². The number of amides is 2. The van der Waals surface area contributed by atoms with Gasteiger partial charge in [0.1, 0.15) is 0 Å². The van der Waals surface area contributed by atoms with Gasteiger partial charge in [-0.05, 0) is 18.2 Å². The highest BCUT2D eigenvalue weighted by Gasteiger charge is 2.26. The summed E-state index contributed by atoms with van der Waals surface area (Å²) >= 11 is 0. The van der Waals surface area contributed by atoms with Crippen molar-refractivity contribution >= 4 is 17.5 Å². The third-order valence-electron chi connectivity index (χ3n) is 2.13. The number of nitrogens with one attached hydrogen (secondary N) is 2. The Bertz CT molecular complexity index is 468. The van der Waals surface area contributed by atoms with Gasteiger partial charge in [0.15, 0.2) is 0 Å². The summed E-state index contributed by atoms with van der Waals surface area (Å²) in [5, 5.41) is 2.21. The molecule has 0 atom stereocenters. The molecule has 0 aromatic heterocycles. The predicted molar refractivity (Wildman–Crippen MR) is 58.0 cm³/mol. The van der Waals surface area contributed by atoms with Crippen molar-refractivity contribution < 1.29 is 14.4 Å². The van der Waals surface area contributed by atoms with Gasteiger partial charge in [-0.25, -0.2) is 0 Å². The van der Waals surface area contributed by atoms with E-state index in [0.29, 0.717) is 23.4 Å². The largest absolute Gasteiger partial charge is 0.288 e. The van der Waals surface area contributed by atoms with Gasteiger partial charge >= 0.3 is 0 Å². The highest BCUT2D eigenvalue weighted by Crippen LogP contribution is 2.20. The first kappa shape index (κ1) is 10.4. The summed E-state index contributed by atoms with van der Waals surface area (Å²) in [5.74, 6) is -0.745. The Labute approximate surface area is 92.1 Å². The lowest BCUT2D eigenvalue weighted by Crippen LogP contribution is -2.19. The van der Waals surface area contributed by atoms with Crippen LogP contribution in [0.4, 0.5) is 5.69 Å². The van der Waals surface area contributed by atoms with Gasteiger partial charge in [0.2, 0.25) is 0 Å². The predicted octanol–water partition coefficient (Wildman–Crippen LogP) is 1.10. The maximum atomic E-state index is 11.3. The second-order valence-corrected chi connectivity index (χ2v) is 3.25. The van der Waals surface area contributed by atoms with Crippen LogP contribution in [0.1, 0.15) is 20.7 Å². The number of fused-ring (bicyclic) bond motifs is 1. The molecule has 1 heterocycles. The molecule has 2 rings (SSSR count). The number of hydrogen-bond donors (Lipinski definition) is 2. The first-order valence-electron chi connectivity index (χ1n) is 4.71. The lowest BCUT2D eigenvalue weighted by atomic mass is 10.1. The van der Waals surface area contributed by atoms with Crippen LogP contribution in [0.25, 0.3) is 0 Å². The zero-order chi connectivity index (χ0) is 11.5. The molecule has 0 saturated carbocycles. The highest BCUT2D eigenvalue weighted by molar-refractivity contribution is 6.21. The lowest BCUT2D eigenvalue weighted by molar-refractivity contribution is 0.0879. The summed E-state index contributed by atoms with van der Waals surface area (Å²) in [6.07, 6.45) is 1.59. The number of carbonyl (C=O) groups excluding carboxylic acids is 2. The number of anilines is 1. The molecule has 5 nitrogen and oxygen atoms in total. The van der Waals surface area contributed by atoms with Crippen LogP contribution in [-0.4, -0.2) is 18.4 Å². The van der Waals surface area contributed by atoms with E-state index in [-0.39, 0.29) is 11.8 Å². The first-order chi connectivity index (χ1) is 7.72. The van der Waals surface area contributed by atoms with Crippen molar-refractivity contribution in [3.8, 4) is 0 Å². The molecule has 1 aromatic carbocycles. The van der Waals surface area contributed by atoms with Gasteiger partial charge in [0.25, 0.3) is 11.8 Å². The van der Waals surface area contributed by atoms with Crippen molar-refractivity contribution in [2.45, 2.75) is 0 Å². The fourth-order valence-electron chi connectivity index (χ4n) is 1.42. The quantitative estimate of drug-likeness (QED) is 0.343. The summed E-state index contributed by atoms with van der Waals surface area (Å²) in [7, 11) is 0. The van der Waals surface area contributed by atoms with E-state index in [0.717, 1.165) is 0 Å². The standard InChI is InChI=1S/C11H10N2O3/c1-2-5-16-13-7-3-4-8-9(6-7)11(15)12-10(8)14/h2-4,6,13H,1,5H2,(H,12,14,15). The molecular weight excluding hydrogens is 208 g/mol. The van der Waals surface area contributed by atoms with Crippen LogP contribution in [-0.2, 0) is 4.84 Å². The normalized spacial score (nSPS) is 13.2. The Hall–Kier alpha value is -2.14. The third kappa shape index (κ3) is 1.80. The van der Waals surface area contributed by atoms with Gasteiger partial charge in [0.05, 0.1) is 23.4 Å². The van der Waals surface area contributed by atoms with Crippen molar-refractivity contribution in [2.24, 2.45) is 0 Å². The van der Waals surface area contributed by atoms with E-state index in [1.165, 1.54) is 0 Å². The Balaban J connectivity index is 2.19. The molecule has 16 heavy (non-hydrogen) atoms. The summed E-state index contributed by atoms with van der Waals surface area (Å²) in [4.78, 5) is 27.6. The Morgan fingerprint density at radius 2 is 2.06 bits per heavy atom. The van der Waals surface area contributed by atoms with Crippen LogP contribution in [0, 0.1) is 0 Å². The van der Waals surface area contributed by atoms with Crippen molar-refractivity contribution in [3.05, 3.63) is 42.0 Å². The second kappa shape index (κ2) is 4.16. The highest BCUT2D eigenvalue weighted by atomic mass is 16.6. The minimum atomic E-state index is -0.382. The number of hydrogen-bond acceptors (Lipinski definition) is 4. The zero-order valence-corrected chi connectivity index (χ0v) is 8.45. The van der Waals surface area contributed by atoms with Crippen molar-refractivity contribution in [3.63, 3.8) is 0 Å². The lowest BCUT2D eigenvalue weighted by Gasteiger charge is -2.05. The minimum absolute atomic E-state index is 0.349. The van der Waals surface area contributed by atoms with Crippen LogP contribution in [0.15, 0.2) is 30.9 Å². The molecule has 1 aliphatic heterocycles. The van der Waals surface area contributed by atoms with Crippen molar-refractivity contribution in [1.82, 2.24) is 5.32 Å². The van der Waals surface area contributed by atoms with Crippen LogP contribution >= 0.6 is 0 Å². The number of imide groups is 1. The maximum absolute atomic E-state index is 11.3. The second-order valence-electron chi connectivity index (χ2n) is 3.25. The van der Waals surface area contributed by atoms with Crippen LogP contribution in [0.5, 0.6) is 0 Å². The molecule has 82 valence electrons. The van der Waals surface area contributed by atoms with Crippen molar-refractivity contribution in [1.29, 1.82) is 0 Å². The molecule has 0 aliphatic carbocycles. The van der Waals surface area contributed by atoms with E-state index in [1.807, 2.05) is 0 Å². The summed E-state index contributed by atoms with van der Waals surface area (Å²) in [5.41, 5.74) is 4.01.